The number of halogens is 6. The quantitative estimate of drug-likeness (QED) is 0.351. The molecule has 0 aromatic rings. The lowest BCUT2D eigenvalue weighted by Gasteiger charge is -2.37. The Morgan fingerprint density at radius 1 is 0.760 bits per heavy atom. The van der Waals surface area contributed by atoms with E-state index in [0.29, 0.717) is 6.42 Å². The Bertz CT molecular complexity index is 368. The van der Waals surface area contributed by atoms with Crippen molar-refractivity contribution in [3.05, 3.63) is 0 Å². The molecule has 0 heterocycles. The first kappa shape index (κ1) is 23.9. The summed E-state index contributed by atoms with van der Waals surface area (Å²) >= 11 is 0. The number of unbranched alkanes of at least 4 members (excludes halogenated alkanes) is 7. The molecule has 25 heavy (non-hydrogen) atoms. The molecule has 0 atom stereocenters. The Kier molecular flexibility index (Phi) is 10.3. The van der Waals surface area contributed by atoms with Gasteiger partial charge >= 0.3 is 18.4 Å². The number of carbonyl (C=O) groups excluding carboxylic acids is 1. The van der Waals surface area contributed by atoms with Crippen LogP contribution in [0.4, 0.5) is 31.1 Å². The van der Waals surface area contributed by atoms with Crippen LogP contribution in [0.15, 0.2) is 0 Å². The molecular weight excluding hydrogens is 350 g/mol. The molecule has 150 valence electrons. The maximum absolute atomic E-state index is 12.9. The minimum Gasteiger partial charge on any atom is -0.338 e. The fourth-order valence-corrected chi connectivity index (χ4v) is 2.49. The maximum Gasteiger partial charge on any atom is 0.420 e. The van der Waals surface area contributed by atoms with Gasteiger partial charge in [-0.25, -0.2) is 4.79 Å². The first-order chi connectivity index (χ1) is 11.5. The second kappa shape index (κ2) is 10.8. The molecule has 2 amide bonds. The standard InChI is InChI=1S/C16H28F6N2O/c1-3-5-6-7-8-9-10-11-12-23-13(25)24-14(4-2,15(17,18)19)16(20,21)22/h3-12H2,1-2H3,(H2,23,24,25). The van der Waals surface area contributed by atoms with Gasteiger partial charge in [0.15, 0.2) is 0 Å². The van der Waals surface area contributed by atoms with Crippen LogP contribution in [0.2, 0.25) is 0 Å². The molecule has 2 N–H and O–H groups in total. The second-order valence-corrected chi connectivity index (χ2v) is 6.11. The van der Waals surface area contributed by atoms with Crippen molar-refractivity contribution in [2.75, 3.05) is 6.54 Å². The van der Waals surface area contributed by atoms with Gasteiger partial charge in [-0.3, -0.25) is 0 Å². The summed E-state index contributed by atoms with van der Waals surface area (Å²) in [4.78, 5) is 11.5. The molecule has 0 aliphatic rings. The average Bonchev–Trinajstić information content (AvgIpc) is 2.48. The van der Waals surface area contributed by atoms with E-state index in [-0.39, 0.29) is 6.54 Å². The van der Waals surface area contributed by atoms with Gasteiger partial charge in [0.05, 0.1) is 0 Å². The van der Waals surface area contributed by atoms with Crippen molar-refractivity contribution in [1.29, 1.82) is 0 Å². The second-order valence-electron chi connectivity index (χ2n) is 6.11. The summed E-state index contributed by atoms with van der Waals surface area (Å²) < 4.78 is 77.3. The van der Waals surface area contributed by atoms with Crippen molar-refractivity contribution in [2.45, 2.75) is 89.5 Å². The monoisotopic (exact) mass is 378 g/mol. The molecule has 0 saturated heterocycles. The minimum atomic E-state index is -5.63. The van der Waals surface area contributed by atoms with E-state index < -0.39 is 30.3 Å². The number of amides is 2. The largest absolute Gasteiger partial charge is 0.420 e. The number of alkyl halides is 6. The van der Waals surface area contributed by atoms with Gasteiger partial charge in [0.25, 0.3) is 0 Å². The summed E-state index contributed by atoms with van der Waals surface area (Å²) in [6.07, 6.45) is -4.75. The zero-order valence-electron chi connectivity index (χ0n) is 14.7. The third kappa shape index (κ3) is 7.73. The van der Waals surface area contributed by atoms with Crippen LogP contribution in [0.1, 0.15) is 71.6 Å². The predicted molar refractivity (Wildman–Crippen MR) is 84.3 cm³/mol. The van der Waals surface area contributed by atoms with E-state index in [4.69, 9.17) is 0 Å². The minimum absolute atomic E-state index is 0.0380. The molecule has 0 aromatic carbocycles. The van der Waals surface area contributed by atoms with Crippen molar-refractivity contribution in [1.82, 2.24) is 10.6 Å². The Labute approximate surface area is 144 Å². The van der Waals surface area contributed by atoms with Gasteiger partial charge < -0.3 is 10.6 Å². The number of hydrogen-bond donors (Lipinski definition) is 2. The van der Waals surface area contributed by atoms with Crippen LogP contribution in [0.5, 0.6) is 0 Å². The molecule has 0 saturated carbocycles. The normalized spacial score (nSPS) is 13.0. The summed E-state index contributed by atoms with van der Waals surface area (Å²) in [5, 5.41) is 3.16. The van der Waals surface area contributed by atoms with E-state index >= 15 is 0 Å². The topological polar surface area (TPSA) is 41.1 Å². The number of hydrogen-bond acceptors (Lipinski definition) is 1. The van der Waals surface area contributed by atoms with E-state index in [1.807, 2.05) is 0 Å². The lowest BCUT2D eigenvalue weighted by Crippen LogP contribution is -2.68. The summed E-state index contributed by atoms with van der Waals surface area (Å²) in [7, 11) is 0. The number of nitrogens with one attached hydrogen (secondary N) is 2. The zero-order chi connectivity index (χ0) is 19.6. The lowest BCUT2D eigenvalue weighted by molar-refractivity contribution is -0.304. The Hall–Kier alpha value is -1.15. The molecule has 0 bridgehead atoms. The Morgan fingerprint density at radius 2 is 1.20 bits per heavy atom. The Morgan fingerprint density at radius 3 is 1.60 bits per heavy atom. The van der Waals surface area contributed by atoms with Crippen LogP contribution >= 0.6 is 0 Å². The zero-order valence-corrected chi connectivity index (χ0v) is 14.7. The molecule has 0 aromatic heterocycles. The molecule has 0 radical (unpaired) electrons. The van der Waals surface area contributed by atoms with Gasteiger partial charge in [-0.15, -0.1) is 0 Å². The molecule has 0 unspecified atom stereocenters. The fraction of sp³-hybridized carbons (Fsp3) is 0.938. The van der Waals surface area contributed by atoms with Crippen molar-refractivity contribution in [2.24, 2.45) is 0 Å². The summed E-state index contributed by atoms with van der Waals surface area (Å²) in [6, 6.07) is -1.46. The van der Waals surface area contributed by atoms with Gasteiger partial charge in [0.1, 0.15) is 0 Å². The highest BCUT2D eigenvalue weighted by Crippen LogP contribution is 2.45. The first-order valence-corrected chi connectivity index (χ1v) is 8.71. The predicted octanol–water partition coefficient (Wildman–Crippen LogP) is 5.70. The molecular formula is C16H28F6N2O. The highest BCUT2D eigenvalue weighted by atomic mass is 19.4. The van der Waals surface area contributed by atoms with Crippen molar-refractivity contribution < 1.29 is 31.1 Å². The summed E-state index contributed by atoms with van der Waals surface area (Å²) in [5.41, 5.74) is -4.23. The van der Waals surface area contributed by atoms with Gasteiger partial charge in [-0.05, 0) is 12.8 Å². The molecule has 0 fully saturated rings. The van der Waals surface area contributed by atoms with Gasteiger partial charge in [0.2, 0.25) is 5.54 Å². The highest BCUT2D eigenvalue weighted by molar-refractivity contribution is 5.75. The molecule has 9 heteroatoms. The molecule has 0 rings (SSSR count). The molecule has 3 nitrogen and oxygen atoms in total. The van der Waals surface area contributed by atoms with Crippen LogP contribution in [0, 0.1) is 0 Å². The molecule has 0 aliphatic heterocycles. The van der Waals surface area contributed by atoms with Crippen LogP contribution < -0.4 is 10.6 Å². The smallest absolute Gasteiger partial charge is 0.338 e. The van der Waals surface area contributed by atoms with E-state index in [9.17, 15) is 31.1 Å². The molecule has 0 spiro atoms. The van der Waals surface area contributed by atoms with Crippen LogP contribution in [-0.2, 0) is 0 Å². The maximum atomic E-state index is 12.9. The third-order valence-corrected chi connectivity index (χ3v) is 4.14. The van der Waals surface area contributed by atoms with Crippen LogP contribution in [-0.4, -0.2) is 30.5 Å². The number of urea groups is 1. The van der Waals surface area contributed by atoms with E-state index in [1.54, 1.807) is 0 Å². The fourth-order valence-electron chi connectivity index (χ4n) is 2.49. The summed E-state index contributed by atoms with van der Waals surface area (Å²) in [5.74, 6) is 0. The van der Waals surface area contributed by atoms with E-state index in [1.165, 1.54) is 6.42 Å². The van der Waals surface area contributed by atoms with Crippen molar-refractivity contribution in [3.8, 4) is 0 Å². The SMILES string of the molecule is CCCCCCCCCCNC(=O)NC(CC)(C(F)(F)F)C(F)(F)F. The number of carbonyl (C=O) groups is 1. The van der Waals surface area contributed by atoms with Crippen molar-refractivity contribution >= 4 is 6.03 Å². The van der Waals surface area contributed by atoms with Crippen molar-refractivity contribution in [3.63, 3.8) is 0 Å². The third-order valence-electron chi connectivity index (χ3n) is 4.14. The van der Waals surface area contributed by atoms with Crippen LogP contribution in [0.25, 0.3) is 0 Å². The van der Waals surface area contributed by atoms with E-state index in [0.717, 1.165) is 50.8 Å². The summed E-state index contributed by atoms with van der Waals surface area (Å²) in [6.45, 7) is 2.89. The van der Waals surface area contributed by atoms with Gasteiger partial charge in [0, 0.05) is 6.54 Å². The Balaban J connectivity index is 4.26. The first-order valence-electron chi connectivity index (χ1n) is 8.71. The average molecular weight is 378 g/mol. The van der Waals surface area contributed by atoms with Gasteiger partial charge in [-0.2, -0.15) is 26.3 Å². The molecule has 0 aliphatic carbocycles. The van der Waals surface area contributed by atoms with Crippen LogP contribution in [0.3, 0.4) is 0 Å². The highest BCUT2D eigenvalue weighted by Gasteiger charge is 2.70. The lowest BCUT2D eigenvalue weighted by atomic mass is 9.94. The van der Waals surface area contributed by atoms with E-state index in [2.05, 4.69) is 12.2 Å². The van der Waals surface area contributed by atoms with Gasteiger partial charge in [-0.1, -0.05) is 58.8 Å². The number of rotatable bonds is 11.